The highest BCUT2D eigenvalue weighted by atomic mass is 28.3. The van der Waals surface area contributed by atoms with E-state index in [1.165, 1.54) is 5.19 Å². The predicted molar refractivity (Wildman–Crippen MR) is 99.9 cm³/mol. The number of furan rings is 1. The van der Waals surface area contributed by atoms with Crippen LogP contribution in [-0.4, -0.2) is 13.1 Å². The van der Waals surface area contributed by atoms with E-state index in [4.69, 9.17) is 4.42 Å². The lowest BCUT2D eigenvalue weighted by molar-refractivity contribution is 0.669. The van der Waals surface area contributed by atoms with Gasteiger partial charge >= 0.3 is 0 Å². The molecule has 0 radical (unpaired) electrons. The van der Waals surface area contributed by atoms with Crippen LogP contribution in [0.2, 0.25) is 19.6 Å². The first-order chi connectivity index (χ1) is 11.0. The van der Waals surface area contributed by atoms with Gasteiger partial charge < -0.3 is 4.42 Å². The topological polar surface area (TPSA) is 26.0 Å². The van der Waals surface area contributed by atoms with Crippen molar-refractivity contribution < 1.29 is 4.42 Å². The van der Waals surface area contributed by atoms with Gasteiger partial charge in [0.2, 0.25) is 0 Å². The number of pyridine rings is 1. The van der Waals surface area contributed by atoms with E-state index < -0.39 is 8.07 Å². The Morgan fingerprint density at radius 2 is 1.57 bits per heavy atom. The molecule has 23 heavy (non-hydrogen) atoms. The SMILES string of the molecule is C[Si](C)(C)c1ccc2c(c1)oc1cc(-c3ccccc3)ncc12. The van der Waals surface area contributed by atoms with Gasteiger partial charge in [0.25, 0.3) is 0 Å². The number of hydrogen-bond donors (Lipinski definition) is 0. The maximum atomic E-state index is 6.13. The van der Waals surface area contributed by atoms with Crippen molar-refractivity contribution >= 4 is 35.2 Å². The van der Waals surface area contributed by atoms with Crippen molar-refractivity contribution in [3.8, 4) is 11.3 Å². The van der Waals surface area contributed by atoms with Gasteiger partial charge in [-0.2, -0.15) is 0 Å². The number of fused-ring (bicyclic) bond motifs is 3. The van der Waals surface area contributed by atoms with Crippen molar-refractivity contribution in [1.29, 1.82) is 0 Å². The number of rotatable bonds is 2. The minimum Gasteiger partial charge on any atom is -0.456 e. The molecule has 0 aliphatic heterocycles. The van der Waals surface area contributed by atoms with Gasteiger partial charge in [0.1, 0.15) is 11.2 Å². The third-order valence-corrected chi connectivity index (χ3v) is 6.34. The molecule has 0 N–H and O–H groups in total. The summed E-state index contributed by atoms with van der Waals surface area (Å²) >= 11 is 0. The maximum absolute atomic E-state index is 6.13. The molecule has 2 aromatic carbocycles. The second kappa shape index (κ2) is 5.07. The van der Waals surface area contributed by atoms with Crippen LogP contribution in [0.4, 0.5) is 0 Å². The summed E-state index contributed by atoms with van der Waals surface area (Å²) < 4.78 is 6.13. The molecule has 0 atom stereocenters. The Kier molecular flexibility index (Phi) is 3.13. The van der Waals surface area contributed by atoms with Crippen molar-refractivity contribution in [1.82, 2.24) is 4.98 Å². The minimum atomic E-state index is -1.34. The van der Waals surface area contributed by atoms with E-state index in [9.17, 15) is 0 Å². The fourth-order valence-electron chi connectivity index (χ4n) is 2.90. The van der Waals surface area contributed by atoms with Crippen molar-refractivity contribution in [3.63, 3.8) is 0 Å². The minimum absolute atomic E-state index is 0.904. The number of aromatic nitrogens is 1. The van der Waals surface area contributed by atoms with Crippen molar-refractivity contribution in [2.75, 3.05) is 0 Å². The van der Waals surface area contributed by atoms with E-state index in [0.717, 1.165) is 33.2 Å². The maximum Gasteiger partial charge on any atom is 0.139 e. The molecule has 0 saturated carbocycles. The van der Waals surface area contributed by atoms with E-state index >= 15 is 0 Å². The quantitative estimate of drug-likeness (QED) is 0.475. The van der Waals surface area contributed by atoms with E-state index in [1.807, 2.05) is 30.5 Å². The fourth-order valence-corrected chi connectivity index (χ4v) is 4.05. The first-order valence-corrected chi connectivity index (χ1v) is 11.4. The molecule has 0 amide bonds. The molecule has 114 valence electrons. The van der Waals surface area contributed by atoms with Crippen molar-refractivity contribution in [2.24, 2.45) is 0 Å². The van der Waals surface area contributed by atoms with Gasteiger partial charge in [0, 0.05) is 28.6 Å². The highest BCUT2D eigenvalue weighted by Gasteiger charge is 2.18. The van der Waals surface area contributed by atoms with Gasteiger partial charge in [-0.1, -0.05) is 67.3 Å². The highest BCUT2D eigenvalue weighted by Crippen LogP contribution is 2.30. The van der Waals surface area contributed by atoms with Crippen LogP contribution < -0.4 is 5.19 Å². The van der Waals surface area contributed by atoms with Gasteiger partial charge in [-0.3, -0.25) is 4.98 Å². The zero-order valence-corrected chi connectivity index (χ0v) is 14.6. The lowest BCUT2D eigenvalue weighted by atomic mass is 10.1. The zero-order chi connectivity index (χ0) is 16.0. The summed E-state index contributed by atoms with van der Waals surface area (Å²) in [4.78, 5) is 4.62. The summed E-state index contributed by atoms with van der Waals surface area (Å²) in [5.74, 6) is 0. The summed E-state index contributed by atoms with van der Waals surface area (Å²) in [6.07, 6.45) is 1.93. The van der Waals surface area contributed by atoms with Crippen LogP contribution >= 0.6 is 0 Å². The normalized spacial score (nSPS) is 12.1. The van der Waals surface area contributed by atoms with E-state index in [1.54, 1.807) is 0 Å². The third-order valence-electron chi connectivity index (χ3n) is 4.29. The number of benzene rings is 2. The van der Waals surface area contributed by atoms with Crippen LogP contribution in [0.1, 0.15) is 0 Å². The molecule has 0 bridgehead atoms. The van der Waals surface area contributed by atoms with Crippen LogP contribution in [0, 0.1) is 0 Å². The molecule has 0 saturated heterocycles. The molecule has 2 aromatic heterocycles. The van der Waals surface area contributed by atoms with E-state index in [-0.39, 0.29) is 0 Å². The Bertz CT molecular complexity index is 997. The Hall–Kier alpha value is -2.39. The summed E-state index contributed by atoms with van der Waals surface area (Å²) in [5, 5.41) is 3.65. The monoisotopic (exact) mass is 317 g/mol. The average molecular weight is 317 g/mol. The van der Waals surface area contributed by atoms with Crippen LogP contribution in [0.3, 0.4) is 0 Å². The second-order valence-electron chi connectivity index (χ2n) is 6.99. The van der Waals surface area contributed by atoms with E-state index in [2.05, 4.69) is 55.0 Å². The number of nitrogens with zero attached hydrogens (tertiary/aromatic N) is 1. The highest BCUT2D eigenvalue weighted by molar-refractivity contribution is 6.88. The lowest BCUT2D eigenvalue weighted by Gasteiger charge is -2.15. The predicted octanol–water partition coefficient (Wildman–Crippen LogP) is 5.19. The molecule has 0 fully saturated rings. The molecule has 0 aliphatic carbocycles. The van der Waals surface area contributed by atoms with Gasteiger partial charge in [0.05, 0.1) is 13.8 Å². The molecule has 0 unspecified atom stereocenters. The number of hydrogen-bond acceptors (Lipinski definition) is 2. The molecule has 2 heterocycles. The molecule has 2 nitrogen and oxygen atoms in total. The van der Waals surface area contributed by atoms with Gasteiger partial charge in [-0.25, -0.2) is 0 Å². The molecular weight excluding hydrogens is 298 g/mol. The van der Waals surface area contributed by atoms with Crippen LogP contribution in [0.5, 0.6) is 0 Å². The Morgan fingerprint density at radius 3 is 2.30 bits per heavy atom. The average Bonchev–Trinajstić information content (AvgIpc) is 2.91. The summed E-state index contributed by atoms with van der Waals surface area (Å²) in [6, 6.07) is 18.9. The van der Waals surface area contributed by atoms with Crippen LogP contribution in [-0.2, 0) is 0 Å². The molecule has 4 aromatic rings. The van der Waals surface area contributed by atoms with Gasteiger partial charge in [-0.05, 0) is 6.07 Å². The Balaban J connectivity index is 1.91. The van der Waals surface area contributed by atoms with Crippen LogP contribution in [0.25, 0.3) is 33.2 Å². The van der Waals surface area contributed by atoms with Crippen LogP contribution in [0.15, 0.2) is 65.2 Å². The Morgan fingerprint density at radius 1 is 0.826 bits per heavy atom. The molecule has 3 heteroatoms. The molecule has 0 aliphatic rings. The van der Waals surface area contributed by atoms with Crippen molar-refractivity contribution in [2.45, 2.75) is 19.6 Å². The Labute approximate surface area is 136 Å². The summed E-state index contributed by atoms with van der Waals surface area (Å²) in [6.45, 7) is 7.06. The second-order valence-corrected chi connectivity index (χ2v) is 12.1. The summed E-state index contributed by atoms with van der Waals surface area (Å²) in [7, 11) is -1.34. The zero-order valence-electron chi connectivity index (χ0n) is 13.6. The molecule has 0 spiro atoms. The fraction of sp³-hybridized carbons (Fsp3) is 0.150. The first kappa shape index (κ1) is 14.2. The molecular formula is C20H19NOSi. The largest absolute Gasteiger partial charge is 0.456 e. The third kappa shape index (κ3) is 2.47. The lowest BCUT2D eigenvalue weighted by Crippen LogP contribution is -2.37. The standard InChI is InChI=1S/C20H19NOSi/c1-23(2,3)15-9-10-16-17-13-21-18(14-7-5-4-6-8-14)12-20(17)22-19(16)11-15/h4-13H,1-3H3. The molecule has 4 rings (SSSR count). The first-order valence-electron chi connectivity index (χ1n) is 7.90. The van der Waals surface area contributed by atoms with Gasteiger partial charge in [0.15, 0.2) is 0 Å². The van der Waals surface area contributed by atoms with Gasteiger partial charge in [-0.15, -0.1) is 0 Å². The van der Waals surface area contributed by atoms with Crippen molar-refractivity contribution in [3.05, 3.63) is 60.8 Å². The smallest absolute Gasteiger partial charge is 0.139 e. The summed E-state index contributed by atoms with van der Waals surface area (Å²) in [5.41, 5.74) is 3.92. The van der Waals surface area contributed by atoms with E-state index in [0.29, 0.717) is 0 Å².